The smallest absolute Gasteiger partial charge is 0.275 e. The summed E-state index contributed by atoms with van der Waals surface area (Å²) < 4.78 is 4.13. The normalized spacial score (nSPS) is 13.8. The van der Waals surface area contributed by atoms with Gasteiger partial charge < -0.3 is 14.3 Å². The molecule has 7 nitrogen and oxygen atoms in total. The van der Waals surface area contributed by atoms with E-state index in [0.29, 0.717) is 5.69 Å². The van der Waals surface area contributed by atoms with Crippen molar-refractivity contribution in [1.29, 1.82) is 0 Å². The van der Waals surface area contributed by atoms with Gasteiger partial charge in [-0.1, -0.05) is 12.5 Å². The van der Waals surface area contributed by atoms with Crippen LogP contribution >= 0.6 is 0 Å². The zero-order chi connectivity index (χ0) is 19.8. The Bertz CT molecular complexity index is 1190. The summed E-state index contributed by atoms with van der Waals surface area (Å²) in [6, 6.07) is 13.6. The summed E-state index contributed by atoms with van der Waals surface area (Å²) in [6.45, 7) is 2.95. The van der Waals surface area contributed by atoms with Crippen LogP contribution in [0.25, 0.3) is 17.0 Å². The van der Waals surface area contributed by atoms with Gasteiger partial charge in [-0.2, -0.15) is 0 Å². The second-order valence-electron chi connectivity index (χ2n) is 7.46. The van der Waals surface area contributed by atoms with Crippen molar-refractivity contribution in [2.75, 3.05) is 5.32 Å². The molecular weight excluding hydrogens is 364 g/mol. The number of hydrogen-bond acceptors (Lipinski definition) is 4. The van der Waals surface area contributed by atoms with Crippen molar-refractivity contribution in [2.24, 2.45) is 0 Å². The number of nitrogens with one attached hydrogen (secondary N) is 1. The average molecular weight is 386 g/mol. The molecular formula is C22H22N6O. The third-order valence-electron chi connectivity index (χ3n) is 5.44. The van der Waals surface area contributed by atoms with Gasteiger partial charge in [-0.15, -0.1) is 10.2 Å². The van der Waals surface area contributed by atoms with E-state index in [1.165, 1.54) is 12.8 Å². The molecule has 0 bridgehead atoms. The number of amides is 1. The highest BCUT2D eigenvalue weighted by Gasteiger charge is 2.16. The minimum Gasteiger partial charge on any atom is -0.321 e. The lowest BCUT2D eigenvalue weighted by molar-refractivity contribution is 0.102. The van der Waals surface area contributed by atoms with Crippen LogP contribution in [0.5, 0.6) is 0 Å². The van der Waals surface area contributed by atoms with E-state index < -0.39 is 0 Å². The number of rotatable bonds is 3. The van der Waals surface area contributed by atoms with Crippen LogP contribution in [0.15, 0.2) is 48.7 Å². The number of carbonyl (C=O) groups excluding carboxylic acids is 1. The number of anilines is 1. The van der Waals surface area contributed by atoms with Gasteiger partial charge in [0.2, 0.25) is 0 Å². The van der Waals surface area contributed by atoms with Crippen molar-refractivity contribution in [3.8, 4) is 11.4 Å². The molecule has 0 atom stereocenters. The third kappa shape index (κ3) is 3.29. The van der Waals surface area contributed by atoms with Crippen molar-refractivity contribution in [1.82, 2.24) is 24.1 Å². The molecule has 1 amide bonds. The van der Waals surface area contributed by atoms with Gasteiger partial charge in [0, 0.05) is 36.1 Å². The number of hydrogen-bond donors (Lipinski definition) is 1. The van der Waals surface area contributed by atoms with E-state index in [4.69, 9.17) is 0 Å². The lowest BCUT2D eigenvalue weighted by Gasteiger charge is -2.08. The minimum absolute atomic E-state index is 0.225. The Morgan fingerprint density at radius 1 is 1.03 bits per heavy atom. The van der Waals surface area contributed by atoms with E-state index >= 15 is 0 Å². The largest absolute Gasteiger partial charge is 0.321 e. The van der Waals surface area contributed by atoms with Crippen LogP contribution in [0, 0.1) is 6.92 Å². The molecule has 0 fully saturated rings. The summed E-state index contributed by atoms with van der Waals surface area (Å²) in [7, 11) is 0. The Kier molecular flexibility index (Phi) is 4.35. The van der Waals surface area contributed by atoms with Crippen LogP contribution in [0.4, 0.5) is 5.69 Å². The zero-order valence-electron chi connectivity index (χ0n) is 16.3. The van der Waals surface area contributed by atoms with E-state index in [1.807, 2.05) is 53.8 Å². The molecule has 1 N–H and O–H groups in total. The second kappa shape index (κ2) is 7.16. The maximum atomic E-state index is 12.6. The molecule has 1 aromatic carbocycles. The number of aromatic nitrogens is 5. The van der Waals surface area contributed by atoms with Crippen LogP contribution in [0.3, 0.4) is 0 Å². The Morgan fingerprint density at radius 3 is 2.72 bits per heavy atom. The molecule has 0 unspecified atom stereocenters. The number of nitrogens with zero attached hydrogens (tertiary/aromatic N) is 5. The maximum Gasteiger partial charge on any atom is 0.275 e. The summed E-state index contributed by atoms with van der Waals surface area (Å²) in [5.74, 6) is 1.74. The second-order valence-corrected chi connectivity index (χ2v) is 7.46. The predicted octanol–water partition coefficient (Wildman–Crippen LogP) is 3.88. The highest BCUT2D eigenvalue weighted by Crippen LogP contribution is 2.24. The molecule has 1 aliphatic rings. The van der Waals surface area contributed by atoms with Gasteiger partial charge in [0.15, 0.2) is 5.82 Å². The molecule has 146 valence electrons. The molecule has 0 aliphatic carbocycles. The summed E-state index contributed by atoms with van der Waals surface area (Å²) in [5, 5.41) is 11.7. The molecule has 4 heterocycles. The van der Waals surface area contributed by atoms with Gasteiger partial charge in [0.05, 0.1) is 0 Å². The van der Waals surface area contributed by atoms with Gasteiger partial charge in [0.25, 0.3) is 5.91 Å². The monoisotopic (exact) mass is 386 g/mol. The van der Waals surface area contributed by atoms with E-state index in [0.717, 1.165) is 53.6 Å². The first-order valence-electron chi connectivity index (χ1n) is 9.98. The van der Waals surface area contributed by atoms with Crippen LogP contribution in [-0.2, 0) is 13.0 Å². The molecule has 0 saturated carbocycles. The highest BCUT2D eigenvalue weighted by molar-refractivity contribution is 6.03. The Balaban J connectivity index is 1.36. The summed E-state index contributed by atoms with van der Waals surface area (Å²) in [4.78, 5) is 17.0. The van der Waals surface area contributed by atoms with E-state index in [9.17, 15) is 4.79 Å². The van der Waals surface area contributed by atoms with Crippen LogP contribution in [0.1, 0.15) is 41.3 Å². The summed E-state index contributed by atoms with van der Waals surface area (Å²) in [6.07, 6.45) is 6.31. The first-order valence-corrected chi connectivity index (χ1v) is 9.98. The Hall–Kier alpha value is -3.48. The summed E-state index contributed by atoms with van der Waals surface area (Å²) in [5.41, 5.74) is 3.92. The van der Waals surface area contributed by atoms with Crippen molar-refractivity contribution in [3.05, 3.63) is 65.9 Å². The first kappa shape index (κ1) is 17.6. The van der Waals surface area contributed by atoms with Crippen molar-refractivity contribution in [3.63, 3.8) is 0 Å². The molecule has 5 rings (SSSR count). The van der Waals surface area contributed by atoms with Crippen LogP contribution in [-0.4, -0.2) is 30.1 Å². The summed E-state index contributed by atoms with van der Waals surface area (Å²) >= 11 is 0. The van der Waals surface area contributed by atoms with Crippen LogP contribution in [0.2, 0.25) is 0 Å². The van der Waals surface area contributed by atoms with Crippen molar-refractivity contribution in [2.45, 2.75) is 39.2 Å². The Morgan fingerprint density at radius 2 is 1.90 bits per heavy atom. The Labute approximate surface area is 168 Å². The van der Waals surface area contributed by atoms with Gasteiger partial charge in [0.1, 0.15) is 17.2 Å². The average Bonchev–Trinajstić information content (AvgIpc) is 3.27. The lowest BCUT2D eigenvalue weighted by Crippen LogP contribution is -2.12. The number of aryl methyl sites for hydroxylation is 2. The highest BCUT2D eigenvalue weighted by atomic mass is 16.1. The fourth-order valence-electron chi connectivity index (χ4n) is 3.85. The number of fused-ring (bicyclic) bond motifs is 2. The topological polar surface area (TPSA) is 77.1 Å². The zero-order valence-corrected chi connectivity index (χ0v) is 16.3. The number of pyridine rings is 1. The van der Waals surface area contributed by atoms with Crippen LogP contribution < -0.4 is 5.32 Å². The van der Waals surface area contributed by atoms with Crippen molar-refractivity contribution >= 4 is 17.2 Å². The predicted molar refractivity (Wildman–Crippen MR) is 111 cm³/mol. The van der Waals surface area contributed by atoms with E-state index in [1.54, 1.807) is 6.20 Å². The maximum absolute atomic E-state index is 12.6. The molecule has 0 spiro atoms. The SMILES string of the molecule is Cc1cccc2nc(C(=O)Nc3ccc(-c4nnc5n4CCCCC5)cc3)cn12. The standard InChI is InChI=1S/C22H22N6O/c1-15-6-5-8-19-24-18(14-28(15)19)22(29)23-17-11-9-16(10-12-17)21-26-25-20-7-3-2-4-13-27(20)21/h5-6,8-12,14H,2-4,7,13H2,1H3,(H,23,29). The van der Waals surface area contributed by atoms with Gasteiger partial charge in [-0.05, 0) is 56.2 Å². The number of benzene rings is 1. The number of carbonyl (C=O) groups is 1. The van der Waals surface area contributed by atoms with Gasteiger partial charge >= 0.3 is 0 Å². The van der Waals surface area contributed by atoms with Crippen molar-refractivity contribution < 1.29 is 4.79 Å². The lowest BCUT2D eigenvalue weighted by atomic mass is 10.2. The molecule has 7 heteroatoms. The van der Waals surface area contributed by atoms with Gasteiger partial charge in [-0.3, -0.25) is 4.79 Å². The first-order chi connectivity index (χ1) is 14.2. The fraction of sp³-hybridized carbons (Fsp3) is 0.273. The quantitative estimate of drug-likeness (QED) is 0.580. The molecule has 0 radical (unpaired) electrons. The number of imidazole rings is 1. The molecule has 3 aromatic heterocycles. The molecule has 29 heavy (non-hydrogen) atoms. The molecule has 1 aliphatic heterocycles. The van der Waals surface area contributed by atoms with Gasteiger partial charge in [-0.25, -0.2) is 4.98 Å². The fourth-order valence-corrected chi connectivity index (χ4v) is 3.85. The van der Waals surface area contributed by atoms with E-state index in [2.05, 4.69) is 25.1 Å². The molecule has 4 aromatic rings. The third-order valence-corrected chi connectivity index (χ3v) is 5.44. The van der Waals surface area contributed by atoms with E-state index in [-0.39, 0.29) is 5.91 Å². The minimum atomic E-state index is -0.225. The molecule has 0 saturated heterocycles.